The van der Waals surface area contributed by atoms with Crippen LogP contribution in [0.2, 0.25) is 5.02 Å². The number of unbranched alkanes of at least 4 members (excludes halogenated alkanes) is 1. The summed E-state index contributed by atoms with van der Waals surface area (Å²) in [7, 11) is 0. The van der Waals surface area contributed by atoms with Crippen LogP contribution in [-0.4, -0.2) is 35.9 Å². The summed E-state index contributed by atoms with van der Waals surface area (Å²) in [5.74, 6) is 0.101. The minimum atomic E-state index is -0.656. The van der Waals surface area contributed by atoms with Gasteiger partial charge in [-0.05, 0) is 63.8 Å². The molecule has 0 spiro atoms. The molecule has 0 aliphatic heterocycles. The molecule has 0 aliphatic carbocycles. The van der Waals surface area contributed by atoms with Gasteiger partial charge in [-0.1, -0.05) is 67.4 Å². The first kappa shape index (κ1) is 25.1. The number of carbonyl (C=O) groups excluding carboxylic acids is 2. The third kappa shape index (κ3) is 6.71. The Morgan fingerprint density at radius 3 is 2.67 bits per heavy atom. The second kappa shape index (κ2) is 12.1. The van der Waals surface area contributed by atoms with Gasteiger partial charge in [-0.3, -0.25) is 9.59 Å². The van der Waals surface area contributed by atoms with E-state index in [2.05, 4.69) is 28.2 Å². The van der Waals surface area contributed by atoms with Crippen LogP contribution < -0.4 is 10.1 Å². The highest BCUT2D eigenvalue weighted by molar-refractivity contribution is 9.10. The molecule has 0 bridgehead atoms. The van der Waals surface area contributed by atoms with Crippen molar-refractivity contribution in [1.29, 1.82) is 0 Å². The Balaban J connectivity index is 1.76. The zero-order valence-corrected chi connectivity index (χ0v) is 21.2. The fourth-order valence-corrected chi connectivity index (χ4v) is 4.32. The molecule has 0 radical (unpaired) electrons. The lowest BCUT2D eigenvalue weighted by Crippen LogP contribution is -2.49. The SMILES string of the molecule is CCCCNC(=O)[C@@H](C)N(Cc1cccc(Cl)c1)C(=O)COc1ccc2ccccc2c1Br. The number of hydrogen-bond acceptors (Lipinski definition) is 3. The number of carbonyl (C=O) groups is 2. The standard InChI is InChI=1S/C26H28BrClN2O3/c1-3-4-14-29-26(32)18(2)30(16-19-8-7-10-21(28)15-19)24(31)17-33-23-13-12-20-9-5-6-11-22(20)25(23)27/h5-13,15,18H,3-4,14,16-17H2,1-2H3,(H,29,32)/t18-/m1/s1. The average molecular weight is 532 g/mol. The number of rotatable bonds is 10. The van der Waals surface area contributed by atoms with Crippen LogP contribution in [0.4, 0.5) is 0 Å². The molecule has 2 amide bonds. The van der Waals surface area contributed by atoms with Crippen LogP contribution in [-0.2, 0) is 16.1 Å². The first-order valence-corrected chi connectivity index (χ1v) is 12.2. The van der Waals surface area contributed by atoms with E-state index < -0.39 is 6.04 Å². The zero-order valence-electron chi connectivity index (χ0n) is 18.8. The number of ether oxygens (including phenoxy) is 1. The normalized spacial score (nSPS) is 11.8. The molecular formula is C26H28BrClN2O3. The number of nitrogens with one attached hydrogen (secondary N) is 1. The van der Waals surface area contributed by atoms with E-state index in [1.807, 2.05) is 48.5 Å². The Hall–Kier alpha value is -2.57. The largest absolute Gasteiger partial charge is 0.483 e. The van der Waals surface area contributed by atoms with E-state index in [1.54, 1.807) is 19.1 Å². The lowest BCUT2D eigenvalue weighted by molar-refractivity contribution is -0.142. The first-order chi connectivity index (χ1) is 15.9. The molecule has 3 rings (SSSR count). The van der Waals surface area contributed by atoms with Crippen LogP contribution >= 0.6 is 27.5 Å². The monoisotopic (exact) mass is 530 g/mol. The molecule has 0 saturated heterocycles. The number of hydrogen-bond donors (Lipinski definition) is 1. The summed E-state index contributed by atoms with van der Waals surface area (Å²) in [6.45, 7) is 4.44. The molecule has 3 aromatic carbocycles. The van der Waals surface area contributed by atoms with E-state index in [0.717, 1.165) is 33.7 Å². The van der Waals surface area contributed by atoms with Crippen LogP contribution in [0.25, 0.3) is 10.8 Å². The zero-order chi connectivity index (χ0) is 23.8. The molecular weight excluding hydrogens is 504 g/mol. The molecule has 0 aromatic heterocycles. The van der Waals surface area contributed by atoms with E-state index in [9.17, 15) is 9.59 Å². The van der Waals surface area contributed by atoms with Crippen molar-refractivity contribution in [3.05, 3.63) is 75.7 Å². The Morgan fingerprint density at radius 1 is 1.12 bits per heavy atom. The summed E-state index contributed by atoms with van der Waals surface area (Å²) in [6.07, 6.45) is 1.87. The summed E-state index contributed by atoms with van der Waals surface area (Å²) in [6, 6.07) is 18.3. The second-order valence-corrected chi connectivity index (χ2v) is 9.09. The number of benzene rings is 3. The highest BCUT2D eigenvalue weighted by Crippen LogP contribution is 2.33. The van der Waals surface area contributed by atoms with Gasteiger partial charge in [0.2, 0.25) is 5.91 Å². The molecule has 0 heterocycles. The number of fused-ring (bicyclic) bond motifs is 1. The highest BCUT2D eigenvalue weighted by atomic mass is 79.9. The number of amides is 2. The van der Waals surface area contributed by atoms with Crippen molar-refractivity contribution in [1.82, 2.24) is 10.2 Å². The van der Waals surface area contributed by atoms with E-state index >= 15 is 0 Å². The molecule has 0 aliphatic rings. The third-order valence-corrected chi connectivity index (χ3v) is 6.47. The maximum absolute atomic E-state index is 13.2. The summed E-state index contributed by atoms with van der Waals surface area (Å²) in [5.41, 5.74) is 0.843. The van der Waals surface area contributed by atoms with E-state index in [4.69, 9.17) is 16.3 Å². The second-order valence-electron chi connectivity index (χ2n) is 7.86. The van der Waals surface area contributed by atoms with Crippen molar-refractivity contribution < 1.29 is 14.3 Å². The number of nitrogens with zero attached hydrogens (tertiary/aromatic N) is 1. The molecule has 5 nitrogen and oxygen atoms in total. The molecule has 0 fully saturated rings. The fourth-order valence-electron chi connectivity index (χ4n) is 3.50. The summed E-state index contributed by atoms with van der Waals surface area (Å²) in [5, 5.41) is 5.57. The average Bonchev–Trinajstić information content (AvgIpc) is 2.82. The van der Waals surface area contributed by atoms with Gasteiger partial charge in [0.1, 0.15) is 11.8 Å². The fraction of sp³-hybridized carbons (Fsp3) is 0.308. The maximum Gasteiger partial charge on any atom is 0.261 e. The van der Waals surface area contributed by atoms with E-state index in [1.165, 1.54) is 4.90 Å². The van der Waals surface area contributed by atoms with Crippen LogP contribution in [0.3, 0.4) is 0 Å². The van der Waals surface area contributed by atoms with Crippen molar-refractivity contribution in [3.8, 4) is 5.75 Å². The lowest BCUT2D eigenvalue weighted by Gasteiger charge is -2.29. The van der Waals surface area contributed by atoms with Gasteiger partial charge in [-0.2, -0.15) is 0 Å². The molecule has 7 heteroatoms. The summed E-state index contributed by atoms with van der Waals surface area (Å²) >= 11 is 9.72. The van der Waals surface area contributed by atoms with Gasteiger partial charge in [-0.25, -0.2) is 0 Å². The predicted molar refractivity (Wildman–Crippen MR) is 137 cm³/mol. The van der Waals surface area contributed by atoms with E-state index in [-0.39, 0.29) is 25.0 Å². The molecule has 174 valence electrons. The van der Waals surface area contributed by atoms with Gasteiger partial charge in [0.25, 0.3) is 5.91 Å². The van der Waals surface area contributed by atoms with Gasteiger partial charge in [0.15, 0.2) is 6.61 Å². The lowest BCUT2D eigenvalue weighted by atomic mass is 10.1. The Kier molecular flexibility index (Phi) is 9.15. The molecule has 3 aromatic rings. The predicted octanol–water partition coefficient (Wildman–Crippen LogP) is 5.97. The van der Waals surface area contributed by atoms with Crippen LogP contribution in [0, 0.1) is 0 Å². The summed E-state index contributed by atoms with van der Waals surface area (Å²) in [4.78, 5) is 27.5. The molecule has 33 heavy (non-hydrogen) atoms. The first-order valence-electron chi connectivity index (χ1n) is 11.0. The topological polar surface area (TPSA) is 58.6 Å². The smallest absolute Gasteiger partial charge is 0.261 e. The number of halogens is 2. The Labute approximate surface area is 208 Å². The Bertz CT molecular complexity index is 1120. The minimum Gasteiger partial charge on any atom is -0.483 e. The van der Waals surface area contributed by atoms with Gasteiger partial charge in [0.05, 0.1) is 4.47 Å². The molecule has 1 N–H and O–H groups in total. The Morgan fingerprint density at radius 2 is 1.91 bits per heavy atom. The third-order valence-electron chi connectivity index (χ3n) is 5.42. The summed E-state index contributed by atoms with van der Waals surface area (Å²) < 4.78 is 6.67. The van der Waals surface area contributed by atoms with E-state index in [0.29, 0.717) is 17.3 Å². The van der Waals surface area contributed by atoms with Gasteiger partial charge in [-0.15, -0.1) is 0 Å². The van der Waals surface area contributed by atoms with Crippen LogP contribution in [0.15, 0.2) is 65.1 Å². The van der Waals surface area contributed by atoms with Gasteiger partial charge >= 0.3 is 0 Å². The molecule has 0 saturated carbocycles. The van der Waals surface area contributed by atoms with Crippen molar-refractivity contribution in [2.45, 2.75) is 39.3 Å². The van der Waals surface area contributed by atoms with Crippen molar-refractivity contribution in [3.63, 3.8) is 0 Å². The van der Waals surface area contributed by atoms with Crippen LogP contribution in [0.5, 0.6) is 5.75 Å². The quantitative estimate of drug-likeness (QED) is 0.328. The van der Waals surface area contributed by atoms with Crippen LogP contribution in [0.1, 0.15) is 32.3 Å². The van der Waals surface area contributed by atoms with Crippen molar-refractivity contribution in [2.24, 2.45) is 0 Å². The van der Waals surface area contributed by atoms with Gasteiger partial charge in [0, 0.05) is 18.1 Å². The maximum atomic E-state index is 13.2. The molecule has 0 unspecified atom stereocenters. The van der Waals surface area contributed by atoms with Gasteiger partial charge < -0.3 is 15.0 Å². The minimum absolute atomic E-state index is 0.189. The van der Waals surface area contributed by atoms with Crippen molar-refractivity contribution in [2.75, 3.05) is 13.2 Å². The highest BCUT2D eigenvalue weighted by Gasteiger charge is 2.26. The van der Waals surface area contributed by atoms with Crippen molar-refractivity contribution >= 4 is 50.1 Å². The molecule has 1 atom stereocenters.